The molecule has 72 valence electrons. The third kappa shape index (κ3) is 6.31. The van der Waals surface area contributed by atoms with Gasteiger partial charge in [-0.3, -0.25) is 0 Å². The molecule has 0 amide bonds. The molecule has 12 heavy (non-hydrogen) atoms. The van der Waals surface area contributed by atoms with E-state index in [1.807, 2.05) is 27.7 Å². The van der Waals surface area contributed by atoms with Crippen LogP contribution in [0.15, 0.2) is 0 Å². The molecule has 0 radical (unpaired) electrons. The molecule has 0 atom stereocenters. The van der Waals surface area contributed by atoms with E-state index in [4.69, 9.17) is 9.47 Å². The van der Waals surface area contributed by atoms with Crippen LogP contribution in [0.1, 0.15) is 34.1 Å². The molecule has 0 saturated heterocycles. The van der Waals surface area contributed by atoms with E-state index in [0.29, 0.717) is 6.42 Å². The highest BCUT2D eigenvalue weighted by Crippen LogP contribution is 2.06. The van der Waals surface area contributed by atoms with Crippen LogP contribution < -0.4 is 0 Å². The lowest BCUT2D eigenvalue weighted by molar-refractivity contribution is -0.182. The predicted octanol–water partition coefficient (Wildman–Crippen LogP) is 1.75. The lowest BCUT2D eigenvalue weighted by Crippen LogP contribution is -2.24. The summed E-state index contributed by atoms with van der Waals surface area (Å²) in [7, 11) is 0. The van der Waals surface area contributed by atoms with Crippen molar-refractivity contribution in [3.05, 3.63) is 0 Å². The van der Waals surface area contributed by atoms with Gasteiger partial charge in [0.25, 0.3) is 0 Å². The van der Waals surface area contributed by atoms with E-state index in [2.05, 4.69) is 0 Å². The minimum absolute atomic E-state index is 0.0914. The second-order valence-corrected chi connectivity index (χ2v) is 3.20. The second-order valence-electron chi connectivity index (χ2n) is 3.20. The number of aldehydes is 1. The van der Waals surface area contributed by atoms with Crippen LogP contribution in [0.5, 0.6) is 0 Å². The van der Waals surface area contributed by atoms with Crippen LogP contribution in [-0.4, -0.2) is 24.8 Å². The van der Waals surface area contributed by atoms with Crippen molar-refractivity contribution in [1.82, 2.24) is 0 Å². The van der Waals surface area contributed by atoms with Crippen LogP contribution in [0.25, 0.3) is 0 Å². The Balaban J connectivity index is 3.77. The van der Waals surface area contributed by atoms with Crippen molar-refractivity contribution < 1.29 is 14.3 Å². The van der Waals surface area contributed by atoms with Crippen LogP contribution in [0.2, 0.25) is 0 Å². The summed E-state index contributed by atoms with van der Waals surface area (Å²) in [5.74, 6) is 0. The van der Waals surface area contributed by atoms with Crippen LogP contribution >= 0.6 is 0 Å². The highest BCUT2D eigenvalue weighted by atomic mass is 16.7. The van der Waals surface area contributed by atoms with E-state index in [1.165, 1.54) is 0 Å². The molecule has 0 aliphatic carbocycles. The average molecular weight is 174 g/mol. The van der Waals surface area contributed by atoms with Crippen molar-refractivity contribution >= 4 is 6.29 Å². The van der Waals surface area contributed by atoms with Crippen LogP contribution in [0, 0.1) is 0 Å². The molecule has 0 aromatic carbocycles. The van der Waals surface area contributed by atoms with E-state index < -0.39 is 0 Å². The maximum atomic E-state index is 10.2. The van der Waals surface area contributed by atoms with Gasteiger partial charge < -0.3 is 14.3 Å². The van der Waals surface area contributed by atoms with Gasteiger partial charge in [0, 0.05) is 0 Å². The van der Waals surface area contributed by atoms with Gasteiger partial charge in [0.05, 0.1) is 18.6 Å². The molecule has 0 saturated carbocycles. The molecule has 3 heteroatoms. The third-order valence-electron chi connectivity index (χ3n) is 1.14. The van der Waals surface area contributed by atoms with Crippen LogP contribution in [0.4, 0.5) is 0 Å². The quantitative estimate of drug-likeness (QED) is 0.454. The molecule has 0 aromatic heterocycles. The zero-order chi connectivity index (χ0) is 9.56. The summed E-state index contributed by atoms with van der Waals surface area (Å²) < 4.78 is 10.7. The van der Waals surface area contributed by atoms with Crippen molar-refractivity contribution in [1.29, 1.82) is 0 Å². The van der Waals surface area contributed by atoms with Crippen molar-refractivity contribution in [2.75, 3.05) is 0 Å². The Labute approximate surface area is 74.0 Å². The minimum Gasteiger partial charge on any atom is -0.350 e. The van der Waals surface area contributed by atoms with E-state index >= 15 is 0 Å². The number of hydrogen-bond donors (Lipinski definition) is 0. The monoisotopic (exact) mass is 174 g/mol. The smallest absolute Gasteiger partial charge is 0.164 e. The summed E-state index contributed by atoms with van der Waals surface area (Å²) in [6, 6.07) is 0. The van der Waals surface area contributed by atoms with E-state index in [-0.39, 0.29) is 18.5 Å². The number of rotatable bonds is 6. The van der Waals surface area contributed by atoms with Gasteiger partial charge in [0.1, 0.15) is 6.29 Å². The SMILES string of the molecule is CC(C)OC(CC=O)OC(C)C. The Hall–Kier alpha value is -0.410. The lowest BCUT2D eigenvalue weighted by atomic mass is 10.4. The fourth-order valence-corrected chi connectivity index (χ4v) is 0.829. The van der Waals surface area contributed by atoms with Crippen LogP contribution in [-0.2, 0) is 14.3 Å². The molecule has 0 aliphatic heterocycles. The number of carbonyl (C=O) groups is 1. The van der Waals surface area contributed by atoms with Crippen molar-refractivity contribution in [2.45, 2.75) is 52.6 Å². The van der Waals surface area contributed by atoms with Crippen LogP contribution in [0.3, 0.4) is 0 Å². The molecular formula is C9H18O3. The molecule has 0 heterocycles. The predicted molar refractivity (Wildman–Crippen MR) is 46.9 cm³/mol. The minimum atomic E-state index is -0.387. The third-order valence-corrected chi connectivity index (χ3v) is 1.14. The topological polar surface area (TPSA) is 35.5 Å². The lowest BCUT2D eigenvalue weighted by Gasteiger charge is -2.20. The van der Waals surface area contributed by atoms with E-state index in [0.717, 1.165) is 6.29 Å². The fraction of sp³-hybridized carbons (Fsp3) is 0.889. The van der Waals surface area contributed by atoms with E-state index in [1.54, 1.807) is 0 Å². The number of carbonyl (C=O) groups excluding carboxylic acids is 1. The number of ether oxygens (including phenoxy) is 2. The molecule has 0 aliphatic rings. The van der Waals surface area contributed by atoms with Gasteiger partial charge >= 0.3 is 0 Å². The first-order chi connectivity index (χ1) is 5.56. The van der Waals surface area contributed by atoms with Crippen molar-refractivity contribution in [3.8, 4) is 0 Å². The first-order valence-corrected chi connectivity index (χ1v) is 4.30. The molecule has 0 rings (SSSR count). The second kappa shape index (κ2) is 6.14. The molecule has 0 aromatic rings. The van der Waals surface area contributed by atoms with Gasteiger partial charge in [-0.2, -0.15) is 0 Å². The summed E-state index contributed by atoms with van der Waals surface area (Å²) in [4.78, 5) is 10.2. The van der Waals surface area contributed by atoms with Crippen molar-refractivity contribution in [3.63, 3.8) is 0 Å². The summed E-state index contributed by atoms with van der Waals surface area (Å²) in [5.41, 5.74) is 0. The van der Waals surface area contributed by atoms with Gasteiger partial charge in [-0.05, 0) is 27.7 Å². The zero-order valence-corrected chi connectivity index (χ0v) is 8.24. The maximum absolute atomic E-state index is 10.2. The van der Waals surface area contributed by atoms with Gasteiger partial charge in [-0.15, -0.1) is 0 Å². The Morgan fingerprint density at radius 3 is 1.75 bits per heavy atom. The standard InChI is InChI=1S/C9H18O3/c1-7(2)11-9(5-6-10)12-8(3)4/h6-9H,5H2,1-4H3. The molecule has 0 fully saturated rings. The Kier molecular flexibility index (Phi) is 5.93. The normalized spacial score (nSPS) is 11.6. The highest BCUT2D eigenvalue weighted by molar-refractivity contribution is 5.49. The first kappa shape index (κ1) is 11.6. The molecule has 0 bridgehead atoms. The summed E-state index contributed by atoms with van der Waals surface area (Å²) >= 11 is 0. The average Bonchev–Trinajstić information content (AvgIpc) is 1.84. The maximum Gasteiger partial charge on any atom is 0.164 e. The molecule has 0 unspecified atom stereocenters. The summed E-state index contributed by atoms with van der Waals surface area (Å²) in [6.45, 7) is 7.67. The largest absolute Gasteiger partial charge is 0.350 e. The van der Waals surface area contributed by atoms with Gasteiger partial charge in [-0.25, -0.2) is 0 Å². The summed E-state index contributed by atoms with van der Waals surface area (Å²) in [5, 5.41) is 0. The molecule has 3 nitrogen and oxygen atoms in total. The van der Waals surface area contributed by atoms with Gasteiger partial charge in [0.15, 0.2) is 6.29 Å². The first-order valence-electron chi connectivity index (χ1n) is 4.30. The Bertz CT molecular complexity index is 111. The molecular weight excluding hydrogens is 156 g/mol. The number of hydrogen-bond acceptors (Lipinski definition) is 3. The summed E-state index contributed by atoms with van der Waals surface area (Å²) in [6.07, 6.45) is 0.913. The van der Waals surface area contributed by atoms with Gasteiger partial charge in [-0.1, -0.05) is 0 Å². The molecule has 0 N–H and O–H groups in total. The Morgan fingerprint density at radius 1 is 1.08 bits per heavy atom. The highest BCUT2D eigenvalue weighted by Gasteiger charge is 2.12. The van der Waals surface area contributed by atoms with Gasteiger partial charge in [0.2, 0.25) is 0 Å². The van der Waals surface area contributed by atoms with Crippen molar-refractivity contribution in [2.24, 2.45) is 0 Å². The van der Waals surface area contributed by atoms with E-state index in [9.17, 15) is 4.79 Å². The Morgan fingerprint density at radius 2 is 1.50 bits per heavy atom. The zero-order valence-electron chi connectivity index (χ0n) is 8.24. The molecule has 0 spiro atoms. The fourth-order valence-electron chi connectivity index (χ4n) is 0.829.